The lowest BCUT2D eigenvalue weighted by Crippen LogP contribution is -2.40. The van der Waals surface area contributed by atoms with Crippen LogP contribution >= 0.6 is 11.8 Å². The van der Waals surface area contributed by atoms with Gasteiger partial charge in [0.25, 0.3) is 0 Å². The number of nitrogens with zero attached hydrogens (tertiary/aromatic N) is 1. The summed E-state index contributed by atoms with van der Waals surface area (Å²) in [5, 5.41) is 2.84. The number of amides is 2. The van der Waals surface area contributed by atoms with Gasteiger partial charge in [-0.05, 0) is 18.6 Å². The molecule has 0 aliphatic carbocycles. The molecule has 1 unspecified atom stereocenters. The number of rotatable bonds is 1. The smallest absolute Gasteiger partial charge is 0.317 e. The summed E-state index contributed by atoms with van der Waals surface area (Å²) in [6.45, 7) is 1.74. The van der Waals surface area contributed by atoms with Gasteiger partial charge in [0.05, 0.1) is 0 Å². The van der Waals surface area contributed by atoms with Crippen LogP contribution in [0.4, 0.5) is 4.79 Å². The molecule has 2 heterocycles. The van der Waals surface area contributed by atoms with Crippen molar-refractivity contribution in [2.24, 2.45) is 0 Å². The van der Waals surface area contributed by atoms with E-state index in [-0.39, 0.29) is 6.03 Å². The first-order chi connectivity index (χ1) is 5.88. The van der Waals surface area contributed by atoms with Gasteiger partial charge in [-0.3, -0.25) is 0 Å². The predicted molar refractivity (Wildman–Crippen MR) is 50.5 cm³/mol. The quantitative estimate of drug-likeness (QED) is 0.660. The van der Waals surface area contributed by atoms with Crippen molar-refractivity contribution in [2.75, 3.05) is 24.6 Å². The molecule has 3 nitrogen and oxygen atoms in total. The van der Waals surface area contributed by atoms with Crippen LogP contribution < -0.4 is 5.32 Å². The monoisotopic (exact) mass is 186 g/mol. The highest BCUT2D eigenvalue weighted by Gasteiger charge is 2.28. The second-order valence-corrected chi connectivity index (χ2v) is 4.45. The van der Waals surface area contributed by atoms with Gasteiger partial charge in [0, 0.05) is 24.9 Å². The molecule has 68 valence electrons. The first-order valence-electron chi connectivity index (χ1n) is 4.50. The van der Waals surface area contributed by atoms with Gasteiger partial charge < -0.3 is 10.2 Å². The van der Waals surface area contributed by atoms with Crippen LogP contribution in [0.25, 0.3) is 0 Å². The van der Waals surface area contributed by atoms with Crippen LogP contribution in [0.5, 0.6) is 0 Å². The summed E-state index contributed by atoms with van der Waals surface area (Å²) < 4.78 is 0. The largest absolute Gasteiger partial charge is 0.336 e. The maximum absolute atomic E-state index is 11.3. The molecule has 1 N–H and O–H groups in total. The Balaban J connectivity index is 1.93. The maximum atomic E-state index is 11.3. The fourth-order valence-electron chi connectivity index (χ4n) is 1.80. The maximum Gasteiger partial charge on any atom is 0.317 e. The summed E-state index contributed by atoms with van der Waals surface area (Å²) in [6.07, 6.45) is 2.46. The third-order valence-electron chi connectivity index (χ3n) is 2.47. The van der Waals surface area contributed by atoms with E-state index in [1.165, 1.54) is 18.6 Å². The third-order valence-corrected chi connectivity index (χ3v) is 3.66. The van der Waals surface area contributed by atoms with Crippen molar-refractivity contribution in [3.05, 3.63) is 0 Å². The van der Waals surface area contributed by atoms with Crippen molar-refractivity contribution >= 4 is 17.8 Å². The van der Waals surface area contributed by atoms with E-state index < -0.39 is 0 Å². The molecular weight excluding hydrogens is 172 g/mol. The van der Waals surface area contributed by atoms with Crippen LogP contribution in [0.2, 0.25) is 0 Å². The van der Waals surface area contributed by atoms with E-state index in [9.17, 15) is 4.79 Å². The highest BCUT2D eigenvalue weighted by molar-refractivity contribution is 7.99. The van der Waals surface area contributed by atoms with Crippen LogP contribution in [0.3, 0.4) is 0 Å². The Bertz CT molecular complexity index is 180. The average molecular weight is 186 g/mol. The molecule has 2 saturated heterocycles. The lowest BCUT2D eigenvalue weighted by atomic mass is 10.1. The molecule has 12 heavy (non-hydrogen) atoms. The summed E-state index contributed by atoms with van der Waals surface area (Å²) in [7, 11) is 0. The normalized spacial score (nSPS) is 30.5. The Kier molecular flexibility index (Phi) is 2.44. The molecule has 4 heteroatoms. The lowest BCUT2D eigenvalue weighted by Gasteiger charge is -2.29. The molecule has 0 spiro atoms. The Morgan fingerprint density at radius 2 is 2.50 bits per heavy atom. The van der Waals surface area contributed by atoms with Gasteiger partial charge in [-0.2, -0.15) is 11.8 Å². The van der Waals surface area contributed by atoms with Crippen molar-refractivity contribution in [3.63, 3.8) is 0 Å². The van der Waals surface area contributed by atoms with Crippen molar-refractivity contribution in [2.45, 2.75) is 18.9 Å². The first-order valence-corrected chi connectivity index (χ1v) is 5.65. The van der Waals surface area contributed by atoms with E-state index in [1.807, 2.05) is 16.7 Å². The summed E-state index contributed by atoms with van der Waals surface area (Å²) in [6, 6.07) is 0.647. The summed E-state index contributed by atoms with van der Waals surface area (Å²) in [4.78, 5) is 13.3. The highest BCUT2D eigenvalue weighted by Crippen LogP contribution is 2.22. The summed E-state index contributed by atoms with van der Waals surface area (Å²) in [5.74, 6) is 2.40. The highest BCUT2D eigenvalue weighted by atomic mass is 32.2. The zero-order chi connectivity index (χ0) is 8.39. The molecule has 2 aliphatic heterocycles. The van der Waals surface area contributed by atoms with Crippen LogP contribution in [0, 0.1) is 0 Å². The van der Waals surface area contributed by atoms with Gasteiger partial charge in [-0.15, -0.1) is 0 Å². The molecule has 0 aromatic rings. The number of hydrogen-bond donors (Lipinski definition) is 1. The summed E-state index contributed by atoms with van der Waals surface area (Å²) >= 11 is 1.97. The Labute approximate surface area is 76.9 Å². The molecule has 2 fully saturated rings. The zero-order valence-corrected chi connectivity index (χ0v) is 7.90. The molecule has 0 bridgehead atoms. The second kappa shape index (κ2) is 3.56. The zero-order valence-electron chi connectivity index (χ0n) is 7.08. The van der Waals surface area contributed by atoms with Gasteiger partial charge in [-0.1, -0.05) is 0 Å². The van der Waals surface area contributed by atoms with Gasteiger partial charge >= 0.3 is 6.03 Å². The van der Waals surface area contributed by atoms with Gasteiger partial charge in [0.2, 0.25) is 0 Å². The predicted octanol–water partition coefficient (Wildman–Crippen LogP) is 0.907. The fourth-order valence-corrected chi connectivity index (χ4v) is 2.96. The minimum Gasteiger partial charge on any atom is -0.336 e. The Morgan fingerprint density at radius 1 is 1.58 bits per heavy atom. The second-order valence-electron chi connectivity index (χ2n) is 3.30. The number of nitrogens with one attached hydrogen (secondary N) is 1. The molecule has 2 aliphatic rings. The van der Waals surface area contributed by atoms with Gasteiger partial charge in [0.15, 0.2) is 0 Å². The average Bonchev–Trinajstić information content (AvgIpc) is 2.53. The molecule has 0 saturated carbocycles. The van der Waals surface area contributed by atoms with E-state index >= 15 is 0 Å². The fraction of sp³-hybridized carbons (Fsp3) is 0.875. The number of carbonyl (C=O) groups is 1. The van der Waals surface area contributed by atoms with E-state index in [2.05, 4.69) is 5.32 Å². The van der Waals surface area contributed by atoms with Gasteiger partial charge in [0.1, 0.15) is 0 Å². The van der Waals surface area contributed by atoms with Crippen molar-refractivity contribution in [1.82, 2.24) is 10.2 Å². The molecular formula is C8H14N2OS. The Hall–Kier alpha value is -0.380. The lowest BCUT2D eigenvalue weighted by molar-refractivity contribution is 0.199. The van der Waals surface area contributed by atoms with Crippen LogP contribution in [-0.2, 0) is 0 Å². The third kappa shape index (κ3) is 1.53. The number of hydrogen-bond acceptors (Lipinski definition) is 2. The van der Waals surface area contributed by atoms with E-state index in [0.29, 0.717) is 6.04 Å². The number of thioether (sulfide) groups is 1. The van der Waals surface area contributed by atoms with E-state index in [0.717, 1.165) is 18.8 Å². The number of carbonyl (C=O) groups excluding carboxylic acids is 1. The molecule has 2 rings (SSSR count). The minimum absolute atomic E-state index is 0.141. The standard InChI is InChI=1S/C8H14N2OS/c11-8-9-3-4-10(8)7-2-1-5-12-6-7/h7H,1-6H2,(H,9,11). The topological polar surface area (TPSA) is 32.3 Å². The van der Waals surface area contributed by atoms with Crippen LogP contribution in [-0.4, -0.2) is 41.6 Å². The molecule has 0 aromatic carbocycles. The SMILES string of the molecule is O=C1NCCN1C1CCCSC1. The molecule has 0 aromatic heterocycles. The minimum atomic E-state index is 0.141. The van der Waals surface area contributed by atoms with Crippen LogP contribution in [0.15, 0.2) is 0 Å². The van der Waals surface area contributed by atoms with E-state index in [1.54, 1.807) is 0 Å². The van der Waals surface area contributed by atoms with Crippen molar-refractivity contribution in [1.29, 1.82) is 0 Å². The molecule has 1 atom stereocenters. The Morgan fingerprint density at radius 3 is 3.08 bits per heavy atom. The van der Waals surface area contributed by atoms with Crippen LogP contribution in [0.1, 0.15) is 12.8 Å². The van der Waals surface area contributed by atoms with E-state index in [4.69, 9.17) is 0 Å². The first kappa shape index (κ1) is 8.23. The number of urea groups is 1. The summed E-state index contributed by atoms with van der Waals surface area (Å²) in [5.41, 5.74) is 0. The molecule has 2 amide bonds. The van der Waals surface area contributed by atoms with Crippen molar-refractivity contribution in [3.8, 4) is 0 Å². The van der Waals surface area contributed by atoms with Crippen molar-refractivity contribution < 1.29 is 4.79 Å². The van der Waals surface area contributed by atoms with Gasteiger partial charge in [-0.25, -0.2) is 4.79 Å². The molecule has 0 radical (unpaired) electrons.